The summed E-state index contributed by atoms with van der Waals surface area (Å²) in [6.07, 6.45) is 10.4. The third kappa shape index (κ3) is 14.4. The summed E-state index contributed by atoms with van der Waals surface area (Å²) in [4.78, 5) is 25.3. The molecule has 1 aliphatic heterocycles. The SMILES string of the molecule is CC.CCCc1ccnc2cc(-c3ccc(CN4CCCC(C(=O)NCCNC)C4)cn3)sc12.Cc1ccc(NO)cc1F.[NH-]C1CC1.[Y]. The number of likely N-dealkylation sites (N-methyl/N-ethyl adjacent to an activating group) is 1. The molecule has 6 rings (SSSR count). The first-order chi connectivity index (χ1) is 23.3. The van der Waals surface area contributed by atoms with Gasteiger partial charge in [-0.15, -0.1) is 17.4 Å². The number of benzene rings is 1. The molecule has 9 nitrogen and oxygen atoms in total. The van der Waals surface area contributed by atoms with Crippen molar-refractivity contribution in [2.45, 2.75) is 78.8 Å². The van der Waals surface area contributed by atoms with Gasteiger partial charge in [0.15, 0.2) is 0 Å². The van der Waals surface area contributed by atoms with Crippen LogP contribution < -0.4 is 16.1 Å². The van der Waals surface area contributed by atoms with Gasteiger partial charge in [0.05, 0.1) is 32.4 Å². The molecule has 1 atom stereocenters. The predicted molar refractivity (Wildman–Crippen MR) is 197 cm³/mol. The maximum absolute atomic E-state index is 12.6. The van der Waals surface area contributed by atoms with Crippen LogP contribution in [-0.4, -0.2) is 65.3 Å². The summed E-state index contributed by atoms with van der Waals surface area (Å²) in [6.45, 7) is 12.0. The van der Waals surface area contributed by atoms with Gasteiger partial charge in [0, 0.05) is 71.3 Å². The van der Waals surface area contributed by atoms with Crippen molar-refractivity contribution in [3.05, 3.63) is 83.1 Å². The van der Waals surface area contributed by atoms with Crippen molar-refractivity contribution in [2.24, 2.45) is 5.92 Å². The number of aromatic nitrogens is 2. The Labute approximate surface area is 320 Å². The van der Waals surface area contributed by atoms with Gasteiger partial charge in [-0.3, -0.25) is 30.3 Å². The van der Waals surface area contributed by atoms with Gasteiger partial charge >= 0.3 is 0 Å². The maximum Gasteiger partial charge on any atom is 0.224 e. The van der Waals surface area contributed by atoms with Crippen LogP contribution in [0.5, 0.6) is 0 Å². The third-order valence-electron chi connectivity index (χ3n) is 7.92. The number of likely N-dealkylation sites (tertiary alicyclic amines) is 1. The molecule has 1 radical (unpaired) electrons. The van der Waals surface area contributed by atoms with E-state index in [-0.39, 0.29) is 50.4 Å². The zero-order valence-electron chi connectivity index (χ0n) is 29.7. The first kappa shape index (κ1) is 42.8. The minimum atomic E-state index is -0.320. The Kier molecular flexibility index (Phi) is 20.2. The van der Waals surface area contributed by atoms with Crippen molar-refractivity contribution < 1.29 is 47.1 Å². The summed E-state index contributed by atoms with van der Waals surface area (Å²) < 4.78 is 13.9. The molecule has 1 amide bonds. The Morgan fingerprint density at radius 3 is 2.47 bits per heavy atom. The van der Waals surface area contributed by atoms with Gasteiger partial charge in [-0.2, -0.15) is 0 Å². The van der Waals surface area contributed by atoms with E-state index in [0.29, 0.717) is 23.8 Å². The van der Waals surface area contributed by atoms with E-state index in [1.165, 1.54) is 26.8 Å². The van der Waals surface area contributed by atoms with Crippen LogP contribution in [-0.2, 0) is 50.5 Å². The van der Waals surface area contributed by atoms with Crippen molar-refractivity contribution >= 4 is 33.1 Å². The van der Waals surface area contributed by atoms with E-state index in [1.807, 2.05) is 38.8 Å². The fourth-order valence-electron chi connectivity index (χ4n) is 5.12. The Morgan fingerprint density at radius 2 is 1.86 bits per heavy atom. The van der Waals surface area contributed by atoms with Gasteiger partial charge in [-0.1, -0.05) is 52.2 Å². The molecule has 1 saturated carbocycles. The summed E-state index contributed by atoms with van der Waals surface area (Å²) in [5, 5.41) is 14.4. The maximum atomic E-state index is 12.6. The molecule has 1 unspecified atom stereocenters. The average Bonchev–Trinajstić information content (AvgIpc) is 3.77. The van der Waals surface area contributed by atoms with Crippen molar-refractivity contribution in [3.63, 3.8) is 0 Å². The van der Waals surface area contributed by atoms with Crippen LogP contribution in [0.25, 0.3) is 26.5 Å². The standard InChI is InChI=1S/C25H33N5OS.C7H8FNO.C3H6N.C2H6.Y/c1-3-5-19-9-10-27-22-14-23(32-24(19)22)21-8-7-18(15-29-21)16-30-13-4-6-20(17-30)25(31)28-12-11-26-2;1-5-2-3-6(9-10)4-7(5)8;4-3-1-2-3;1-2;/h7-10,14-15,20,26H,3-6,11-13,16-17H2,1-2H3,(H,28,31);2-4,9-10H,1H3;3-4H,1-2H2;1-2H3;/q;;-1;;. The molecule has 1 saturated heterocycles. The van der Waals surface area contributed by atoms with E-state index < -0.39 is 0 Å². The molecule has 1 aliphatic carbocycles. The second-order valence-corrected chi connectivity index (χ2v) is 13.0. The predicted octanol–water partition coefficient (Wildman–Crippen LogP) is 8.02. The number of piperidine rings is 1. The van der Waals surface area contributed by atoms with Crippen LogP contribution in [0, 0.1) is 18.7 Å². The summed E-state index contributed by atoms with van der Waals surface area (Å²) in [5.74, 6) is -0.0607. The first-order valence-electron chi connectivity index (χ1n) is 17.2. The second kappa shape index (κ2) is 23.2. The van der Waals surface area contributed by atoms with Crippen molar-refractivity contribution in [1.82, 2.24) is 25.5 Å². The number of anilines is 1. The van der Waals surface area contributed by atoms with Gasteiger partial charge in [-0.05, 0) is 86.8 Å². The van der Waals surface area contributed by atoms with Gasteiger partial charge in [0.2, 0.25) is 5.91 Å². The molecule has 4 aromatic rings. The van der Waals surface area contributed by atoms with E-state index >= 15 is 0 Å². The number of pyridine rings is 2. The minimum Gasteiger partial charge on any atom is -0.675 e. The topological polar surface area (TPSA) is 126 Å². The molecule has 4 heterocycles. The summed E-state index contributed by atoms with van der Waals surface area (Å²) >= 11 is 1.79. The number of nitrogens with zero attached hydrogens (tertiary/aromatic N) is 3. The molecule has 5 N–H and O–H groups in total. The van der Waals surface area contributed by atoms with E-state index in [9.17, 15) is 9.18 Å². The molecule has 0 spiro atoms. The second-order valence-electron chi connectivity index (χ2n) is 11.9. The quantitative estimate of drug-likeness (QED) is 0.0952. The molecule has 265 valence electrons. The molecule has 3 aromatic heterocycles. The Morgan fingerprint density at radius 1 is 1.10 bits per heavy atom. The molecule has 0 bridgehead atoms. The third-order valence-corrected chi connectivity index (χ3v) is 9.15. The summed E-state index contributed by atoms with van der Waals surface area (Å²) in [7, 11) is 1.90. The number of carbonyl (C=O) groups is 1. The van der Waals surface area contributed by atoms with Crippen molar-refractivity contribution in [2.75, 3.05) is 38.7 Å². The van der Waals surface area contributed by atoms with Crippen LogP contribution in [0.4, 0.5) is 10.1 Å². The zero-order chi connectivity index (χ0) is 34.9. The van der Waals surface area contributed by atoms with Gasteiger partial charge in [-0.25, -0.2) is 4.39 Å². The number of aryl methyl sites for hydroxylation is 2. The molecular weight excluding hydrogens is 714 g/mol. The minimum absolute atomic E-state index is 0. The number of fused-ring (bicyclic) bond motifs is 1. The first-order valence-corrected chi connectivity index (χ1v) is 18.0. The fourth-order valence-corrected chi connectivity index (χ4v) is 6.25. The van der Waals surface area contributed by atoms with Crippen LogP contribution in [0.15, 0.2) is 54.9 Å². The Bertz CT molecular complexity index is 1540. The van der Waals surface area contributed by atoms with Gasteiger partial charge < -0.3 is 16.4 Å². The monoisotopic (exact) mass is 767 g/mol. The number of hydrogen-bond donors (Lipinski definition) is 4. The molecule has 2 fully saturated rings. The molecule has 12 heteroatoms. The number of carbonyl (C=O) groups excluding carboxylic acids is 1. The van der Waals surface area contributed by atoms with Crippen LogP contribution in [0.3, 0.4) is 0 Å². The van der Waals surface area contributed by atoms with E-state index in [4.69, 9.17) is 15.9 Å². The van der Waals surface area contributed by atoms with Crippen molar-refractivity contribution in [1.29, 1.82) is 0 Å². The normalized spacial score (nSPS) is 15.3. The molecule has 1 aromatic carbocycles. The van der Waals surface area contributed by atoms with E-state index in [1.54, 1.807) is 30.4 Å². The van der Waals surface area contributed by atoms with Crippen LogP contribution in [0.1, 0.15) is 69.6 Å². The van der Waals surface area contributed by atoms with Crippen LogP contribution in [0.2, 0.25) is 0 Å². The number of hydrogen-bond acceptors (Lipinski definition) is 8. The zero-order valence-corrected chi connectivity index (χ0v) is 33.3. The molecule has 2 aliphatic rings. The van der Waals surface area contributed by atoms with Crippen LogP contribution >= 0.6 is 11.3 Å². The number of nitrogens with one attached hydrogen (secondary N) is 4. The summed E-state index contributed by atoms with van der Waals surface area (Å²) in [5.41, 5.74) is 14.1. The number of amides is 1. The van der Waals surface area contributed by atoms with E-state index in [2.05, 4.69) is 51.7 Å². The number of thiophene rings is 1. The van der Waals surface area contributed by atoms with Crippen molar-refractivity contribution in [3.8, 4) is 10.6 Å². The smallest absolute Gasteiger partial charge is 0.224 e. The van der Waals surface area contributed by atoms with Gasteiger partial charge in [0.25, 0.3) is 0 Å². The fraction of sp³-hybridized carbons (Fsp3) is 0.486. The molecular formula is C37H53FN7O2SY-. The average molecular weight is 768 g/mol. The summed E-state index contributed by atoms with van der Waals surface area (Å²) in [6, 6.07) is 13.3. The Balaban J connectivity index is 0.000000404. The number of halogens is 1. The molecule has 49 heavy (non-hydrogen) atoms. The Hall–Kier alpha value is -2.38. The number of rotatable bonds is 10. The largest absolute Gasteiger partial charge is 0.675 e. The van der Waals surface area contributed by atoms with E-state index in [0.717, 1.165) is 75.9 Å². The van der Waals surface area contributed by atoms with Gasteiger partial charge in [0.1, 0.15) is 5.82 Å².